The summed E-state index contributed by atoms with van der Waals surface area (Å²) in [6.07, 6.45) is 5.44. The number of hydrogen-bond donors (Lipinski definition) is 3. The molecule has 1 aliphatic heterocycles. The van der Waals surface area contributed by atoms with Crippen molar-refractivity contribution in [3.8, 4) is 16.9 Å². The predicted molar refractivity (Wildman–Crippen MR) is 131 cm³/mol. The summed E-state index contributed by atoms with van der Waals surface area (Å²) in [5.74, 6) is -1.65. The molecule has 1 saturated heterocycles. The monoisotopic (exact) mass is 486 g/mol. The van der Waals surface area contributed by atoms with E-state index in [1.165, 1.54) is 0 Å². The van der Waals surface area contributed by atoms with Gasteiger partial charge in [0.1, 0.15) is 17.8 Å². The molecule has 2 aliphatic rings. The van der Waals surface area contributed by atoms with Crippen LogP contribution in [-0.2, 0) is 9.59 Å². The maximum absolute atomic E-state index is 13.1. The summed E-state index contributed by atoms with van der Waals surface area (Å²) < 4.78 is 1.59. The maximum Gasteiger partial charge on any atom is 0.325 e. The van der Waals surface area contributed by atoms with E-state index in [1.54, 1.807) is 10.9 Å². The van der Waals surface area contributed by atoms with Gasteiger partial charge in [0.15, 0.2) is 0 Å². The van der Waals surface area contributed by atoms with Crippen LogP contribution in [0.1, 0.15) is 42.5 Å². The molecule has 0 bridgehead atoms. The number of carbonyl (C=O) groups is 4. The lowest BCUT2D eigenvalue weighted by molar-refractivity contribution is -0.136. The predicted octanol–water partition coefficient (Wildman–Crippen LogP) is 2.56. The molecular formula is C26H26N6O4. The molecule has 2 aromatic carbocycles. The standard InChI is InChI=1S/C26H26N6O4/c33-21(17-31-24(35)26(27-25(31)36)14-8-3-9-15-26)28-29-23(34)20-16-32(19-12-6-2-7-13-19)30-22(20)18-10-4-1-5-11-18/h1-2,4-7,10-13,16H,3,8-9,14-15,17H2,(H,27,36)(H,28,33)(H,29,34). The molecule has 5 amide bonds. The van der Waals surface area contributed by atoms with E-state index >= 15 is 0 Å². The molecule has 1 spiro atoms. The summed E-state index contributed by atoms with van der Waals surface area (Å²) in [6, 6.07) is 18.0. The molecular weight excluding hydrogens is 460 g/mol. The molecule has 1 aromatic heterocycles. The first-order valence-electron chi connectivity index (χ1n) is 11.9. The van der Waals surface area contributed by atoms with Crippen molar-refractivity contribution in [1.29, 1.82) is 0 Å². The Morgan fingerprint density at radius 2 is 1.58 bits per heavy atom. The van der Waals surface area contributed by atoms with Crippen LogP contribution in [0.3, 0.4) is 0 Å². The SMILES string of the molecule is O=C(CN1C(=O)NC2(CCCCC2)C1=O)NNC(=O)c1cn(-c2ccccc2)nc1-c1ccccc1. The van der Waals surface area contributed by atoms with Gasteiger partial charge in [-0.2, -0.15) is 5.10 Å². The summed E-state index contributed by atoms with van der Waals surface area (Å²) in [5.41, 5.74) is 6.00. The fraction of sp³-hybridized carbons (Fsp3) is 0.269. The Balaban J connectivity index is 1.29. The van der Waals surface area contributed by atoms with Gasteiger partial charge >= 0.3 is 6.03 Å². The number of para-hydroxylation sites is 1. The number of nitrogens with zero attached hydrogens (tertiary/aromatic N) is 3. The highest BCUT2D eigenvalue weighted by Gasteiger charge is 2.51. The van der Waals surface area contributed by atoms with Crippen molar-refractivity contribution >= 4 is 23.8 Å². The van der Waals surface area contributed by atoms with E-state index in [-0.39, 0.29) is 11.5 Å². The van der Waals surface area contributed by atoms with Gasteiger partial charge in [0.25, 0.3) is 17.7 Å². The smallest absolute Gasteiger partial charge is 0.323 e. The summed E-state index contributed by atoms with van der Waals surface area (Å²) in [5, 5.41) is 7.36. The van der Waals surface area contributed by atoms with Crippen LogP contribution in [0.5, 0.6) is 0 Å². The van der Waals surface area contributed by atoms with Crippen LogP contribution >= 0.6 is 0 Å². The van der Waals surface area contributed by atoms with Crippen LogP contribution in [0.2, 0.25) is 0 Å². The topological polar surface area (TPSA) is 125 Å². The van der Waals surface area contributed by atoms with Gasteiger partial charge in [-0.3, -0.25) is 30.1 Å². The van der Waals surface area contributed by atoms with Gasteiger partial charge in [0.05, 0.1) is 11.3 Å². The van der Waals surface area contributed by atoms with E-state index in [2.05, 4.69) is 21.3 Å². The Morgan fingerprint density at radius 1 is 0.917 bits per heavy atom. The van der Waals surface area contributed by atoms with Crippen LogP contribution in [0.15, 0.2) is 66.9 Å². The summed E-state index contributed by atoms with van der Waals surface area (Å²) in [4.78, 5) is 51.8. The third kappa shape index (κ3) is 4.45. The number of hydrogen-bond acceptors (Lipinski definition) is 5. The molecule has 5 rings (SSSR count). The zero-order valence-electron chi connectivity index (χ0n) is 19.6. The number of urea groups is 1. The van der Waals surface area contributed by atoms with Crippen LogP contribution < -0.4 is 16.2 Å². The van der Waals surface area contributed by atoms with Gasteiger partial charge in [-0.1, -0.05) is 67.8 Å². The second-order valence-electron chi connectivity index (χ2n) is 9.00. The lowest BCUT2D eigenvalue weighted by Gasteiger charge is -2.30. The van der Waals surface area contributed by atoms with Crippen molar-refractivity contribution in [1.82, 2.24) is 30.8 Å². The van der Waals surface area contributed by atoms with E-state index in [4.69, 9.17) is 0 Å². The Labute approximate surface area is 207 Å². The van der Waals surface area contributed by atoms with Gasteiger partial charge < -0.3 is 5.32 Å². The molecule has 184 valence electrons. The second-order valence-corrected chi connectivity index (χ2v) is 9.00. The van der Waals surface area contributed by atoms with Crippen molar-refractivity contribution in [3.63, 3.8) is 0 Å². The highest BCUT2D eigenvalue weighted by atomic mass is 16.2. The van der Waals surface area contributed by atoms with Crippen molar-refractivity contribution in [2.45, 2.75) is 37.6 Å². The number of rotatable bonds is 5. The lowest BCUT2D eigenvalue weighted by atomic mass is 9.82. The summed E-state index contributed by atoms with van der Waals surface area (Å²) in [6.45, 7) is -0.485. The van der Waals surface area contributed by atoms with Gasteiger partial charge in [-0.15, -0.1) is 0 Å². The first-order valence-corrected chi connectivity index (χ1v) is 11.9. The Morgan fingerprint density at radius 3 is 2.28 bits per heavy atom. The van der Waals surface area contributed by atoms with E-state index < -0.39 is 29.9 Å². The summed E-state index contributed by atoms with van der Waals surface area (Å²) in [7, 11) is 0. The molecule has 3 aromatic rings. The van der Waals surface area contributed by atoms with E-state index in [9.17, 15) is 19.2 Å². The Kier molecular flexibility index (Phi) is 6.24. The van der Waals surface area contributed by atoms with Crippen molar-refractivity contribution in [2.75, 3.05) is 6.54 Å². The highest BCUT2D eigenvalue weighted by Crippen LogP contribution is 2.33. The fourth-order valence-electron chi connectivity index (χ4n) is 4.75. The maximum atomic E-state index is 13.1. The molecule has 10 heteroatoms. The highest BCUT2D eigenvalue weighted by molar-refractivity contribution is 6.09. The molecule has 2 fully saturated rings. The van der Waals surface area contributed by atoms with Crippen LogP contribution in [0.25, 0.3) is 16.9 Å². The summed E-state index contributed by atoms with van der Waals surface area (Å²) >= 11 is 0. The average molecular weight is 487 g/mol. The number of benzene rings is 2. The first kappa shape index (κ1) is 23.3. The van der Waals surface area contributed by atoms with E-state index in [0.717, 1.165) is 35.4 Å². The number of nitrogens with one attached hydrogen (secondary N) is 3. The van der Waals surface area contributed by atoms with Crippen molar-refractivity contribution < 1.29 is 19.2 Å². The largest absolute Gasteiger partial charge is 0.325 e. The molecule has 0 atom stereocenters. The van der Waals surface area contributed by atoms with Crippen LogP contribution in [0.4, 0.5) is 4.79 Å². The molecule has 0 unspecified atom stereocenters. The Bertz CT molecular complexity index is 1300. The third-order valence-electron chi connectivity index (χ3n) is 6.60. The van der Waals surface area contributed by atoms with Crippen LogP contribution in [0, 0.1) is 0 Å². The van der Waals surface area contributed by atoms with E-state index in [1.807, 2.05) is 60.7 Å². The number of amides is 5. The zero-order chi connectivity index (χ0) is 25.1. The molecule has 1 aliphatic carbocycles. The van der Waals surface area contributed by atoms with Crippen molar-refractivity contribution in [3.05, 3.63) is 72.4 Å². The van der Waals surface area contributed by atoms with Gasteiger partial charge in [-0.05, 0) is 25.0 Å². The molecule has 3 N–H and O–H groups in total. The van der Waals surface area contributed by atoms with Gasteiger partial charge in [-0.25, -0.2) is 9.48 Å². The quantitative estimate of drug-likeness (QED) is 0.378. The molecule has 2 heterocycles. The van der Waals surface area contributed by atoms with Gasteiger partial charge in [0.2, 0.25) is 0 Å². The number of imide groups is 1. The Hall–Kier alpha value is -4.47. The van der Waals surface area contributed by atoms with E-state index in [0.29, 0.717) is 18.5 Å². The van der Waals surface area contributed by atoms with Crippen LogP contribution in [-0.4, -0.2) is 50.5 Å². The van der Waals surface area contributed by atoms with Crippen molar-refractivity contribution in [2.24, 2.45) is 0 Å². The first-order chi connectivity index (χ1) is 17.5. The normalized spacial score (nSPS) is 16.6. The third-order valence-corrected chi connectivity index (χ3v) is 6.60. The number of aromatic nitrogens is 2. The number of carbonyl (C=O) groups excluding carboxylic acids is 4. The molecule has 10 nitrogen and oxygen atoms in total. The minimum atomic E-state index is -0.907. The number of hydrazine groups is 1. The molecule has 1 saturated carbocycles. The zero-order valence-corrected chi connectivity index (χ0v) is 19.6. The average Bonchev–Trinajstić information content (AvgIpc) is 3.45. The minimum Gasteiger partial charge on any atom is -0.323 e. The lowest BCUT2D eigenvalue weighted by Crippen LogP contribution is -2.50. The second kappa shape index (κ2) is 9.65. The minimum absolute atomic E-state index is 0.251. The molecule has 36 heavy (non-hydrogen) atoms. The van der Waals surface area contributed by atoms with Gasteiger partial charge in [0, 0.05) is 11.8 Å². The fourth-order valence-corrected chi connectivity index (χ4v) is 4.75. The molecule has 0 radical (unpaired) electrons.